The topological polar surface area (TPSA) is 119 Å². The normalized spacial score (nSPS) is 41.3. The van der Waals surface area contributed by atoms with E-state index in [4.69, 9.17) is 9.84 Å². The van der Waals surface area contributed by atoms with E-state index >= 15 is 0 Å². The molecule has 0 spiro atoms. The van der Waals surface area contributed by atoms with Gasteiger partial charge in [0.25, 0.3) is 3.91 Å². The van der Waals surface area contributed by atoms with Gasteiger partial charge in [-0.05, 0) is 0 Å². The van der Waals surface area contributed by atoms with Crippen molar-refractivity contribution < 1.29 is 30.0 Å². The van der Waals surface area contributed by atoms with Crippen molar-refractivity contribution in [3.05, 3.63) is 0 Å². The van der Waals surface area contributed by atoms with Crippen LogP contribution >= 0.6 is 22.6 Å². The van der Waals surface area contributed by atoms with Gasteiger partial charge in [0.1, 0.15) is 24.4 Å². The van der Waals surface area contributed by atoms with Crippen LogP contribution in [0, 0.1) is 0 Å². The van der Waals surface area contributed by atoms with E-state index in [-0.39, 0.29) is 0 Å². The number of halogens is 1. The lowest BCUT2D eigenvalue weighted by Crippen LogP contribution is -2.63. The highest BCUT2D eigenvalue weighted by Crippen LogP contribution is 2.19. The molecule has 0 bridgehead atoms. The van der Waals surface area contributed by atoms with Crippen LogP contribution in [0.1, 0.15) is 0 Å². The molecule has 1 aliphatic heterocycles. The fourth-order valence-electron chi connectivity index (χ4n) is 1.38. The van der Waals surface area contributed by atoms with E-state index in [2.05, 4.69) is 5.32 Å². The zero-order chi connectivity index (χ0) is 11.6. The van der Waals surface area contributed by atoms with Crippen LogP contribution < -0.4 is 5.32 Å². The van der Waals surface area contributed by atoms with Gasteiger partial charge in [-0.25, -0.2) is 0 Å². The highest BCUT2D eigenvalue weighted by atomic mass is 127. The van der Waals surface area contributed by atoms with Gasteiger partial charge in [-0.1, -0.05) is 0 Å². The molecule has 88 valence electrons. The fourth-order valence-corrected chi connectivity index (χ4v) is 1.74. The molecule has 7 nitrogen and oxygen atoms in total. The first-order valence-corrected chi connectivity index (χ1v) is 5.31. The summed E-state index contributed by atoms with van der Waals surface area (Å²) in [4.78, 5) is 10.7. The van der Waals surface area contributed by atoms with Crippen molar-refractivity contribution in [2.45, 2.75) is 30.6 Å². The molecular weight excluding hydrogens is 321 g/mol. The largest absolute Gasteiger partial charge is 0.394 e. The van der Waals surface area contributed by atoms with Crippen molar-refractivity contribution in [1.82, 2.24) is 5.32 Å². The molecule has 0 aromatic heterocycles. The Hall–Kier alpha value is -0.0000000000000000694. The summed E-state index contributed by atoms with van der Waals surface area (Å²) in [5.74, 6) is 0. The Labute approximate surface area is 99.2 Å². The SMILES string of the molecule is O=C(I)NC1C(O)OC(CO)C(O)C1O. The Morgan fingerprint density at radius 3 is 2.40 bits per heavy atom. The van der Waals surface area contributed by atoms with Crippen LogP contribution in [-0.4, -0.2) is 61.6 Å². The summed E-state index contributed by atoms with van der Waals surface area (Å²) in [7, 11) is 0. The van der Waals surface area contributed by atoms with Crippen molar-refractivity contribution >= 4 is 26.5 Å². The number of carbonyl (C=O) groups excluding carboxylic acids is 1. The van der Waals surface area contributed by atoms with Gasteiger partial charge in [-0.3, -0.25) is 4.79 Å². The van der Waals surface area contributed by atoms with E-state index in [0.29, 0.717) is 0 Å². The summed E-state index contributed by atoms with van der Waals surface area (Å²) in [5, 5.41) is 39.4. The molecular formula is C7H12INO6. The molecule has 1 rings (SSSR count). The summed E-state index contributed by atoms with van der Waals surface area (Å²) in [5.41, 5.74) is 0. The third-order valence-corrected chi connectivity index (χ3v) is 2.49. The first-order chi connectivity index (χ1) is 6.97. The van der Waals surface area contributed by atoms with Crippen LogP contribution in [0.25, 0.3) is 0 Å². The first kappa shape index (κ1) is 13.1. The molecule has 0 aliphatic carbocycles. The summed E-state index contributed by atoms with van der Waals surface area (Å²) in [6.07, 6.45) is -5.26. The van der Waals surface area contributed by atoms with E-state index < -0.39 is 41.2 Å². The second-order valence-electron chi connectivity index (χ2n) is 3.17. The predicted molar refractivity (Wildman–Crippen MR) is 56.3 cm³/mol. The number of hydrogen-bond acceptors (Lipinski definition) is 6. The highest BCUT2D eigenvalue weighted by Gasteiger charge is 2.43. The summed E-state index contributed by atoms with van der Waals surface area (Å²) >= 11 is 1.43. The average molecular weight is 333 g/mol. The van der Waals surface area contributed by atoms with Crippen molar-refractivity contribution in [1.29, 1.82) is 0 Å². The molecule has 1 amide bonds. The van der Waals surface area contributed by atoms with Gasteiger partial charge in [-0.2, -0.15) is 0 Å². The van der Waals surface area contributed by atoms with Crippen molar-refractivity contribution in [3.8, 4) is 0 Å². The number of amides is 1. The molecule has 1 saturated heterocycles. The van der Waals surface area contributed by atoms with E-state index in [1.54, 1.807) is 0 Å². The Morgan fingerprint density at radius 1 is 1.33 bits per heavy atom. The molecule has 1 aliphatic rings. The molecule has 5 N–H and O–H groups in total. The quantitative estimate of drug-likeness (QED) is 0.225. The lowest BCUT2D eigenvalue weighted by Gasteiger charge is -2.39. The minimum absolute atomic E-state index is 0.492. The number of nitrogens with one attached hydrogen (secondary N) is 1. The van der Waals surface area contributed by atoms with Crippen LogP contribution in [0.2, 0.25) is 0 Å². The molecule has 15 heavy (non-hydrogen) atoms. The lowest BCUT2D eigenvalue weighted by atomic mass is 9.97. The fraction of sp³-hybridized carbons (Fsp3) is 0.857. The highest BCUT2D eigenvalue weighted by molar-refractivity contribution is 14.1. The van der Waals surface area contributed by atoms with Crippen LogP contribution in [0.15, 0.2) is 0 Å². The molecule has 8 heteroatoms. The summed E-state index contributed by atoms with van der Waals surface area (Å²) in [6.45, 7) is -0.528. The lowest BCUT2D eigenvalue weighted by molar-refractivity contribution is -0.252. The second kappa shape index (κ2) is 5.37. The Morgan fingerprint density at radius 2 is 1.93 bits per heavy atom. The van der Waals surface area contributed by atoms with Crippen molar-refractivity contribution in [2.24, 2.45) is 0 Å². The minimum Gasteiger partial charge on any atom is -0.394 e. The van der Waals surface area contributed by atoms with Gasteiger partial charge in [0.05, 0.1) is 6.61 Å². The number of hydrogen-bond donors (Lipinski definition) is 5. The Bertz CT molecular complexity index is 240. The van der Waals surface area contributed by atoms with E-state index in [0.717, 1.165) is 0 Å². The Kier molecular flexibility index (Phi) is 4.67. The molecule has 5 unspecified atom stereocenters. The predicted octanol–water partition coefficient (Wildman–Crippen LogP) is -2.07. The standard InChI is InChI=1S/C7H12INO6/c8-7(14)9-3-5(12)4(11)2(1-10)15-6(3)13/h2-6,10-13H,1H2,(H,9,14). The molecule has 1 heterocycles. The van der Waals surface area contributed by atoms with Gasteiger partial charge in [0.15, 0.2) is 6.29 Å². The smallest absolute Gasteiger partial charge is 0.281 e. The average Bonchev–Trinajstić information content (AvgIpc) is 2.18. The number of rotatable bonds is 2. The van der Waals surface area contributed by atoms with Crippen LogP contribution in [-0.2, 0) is 4.74 Å². The van der Waals surface area contributed by atoms with E-state index in [9.17, 15) is 20.1 Å². The third-order valence-electron chi connectivity index (χ3n) is 2.18. The van der Waals surface area contributed by atoms with Gasteiger partial charge in [-0.15, -0.1) is 0 Å². The molecule has 1 fully saturated rings. The van der Waals surface area contributed by atoms with E-state index in [1.807, 2.05) is 0 Å². The molecule has 0 aromatic rings. The molecule has 0 saturated carbocycles. The number of ether oxygens (including phenoxy) is 1. The number of aliphatic hydroxyl groups is 4. The first-order valence-electron chi connectivity index (χ1n) is 4.24. The van der Waals surface area contributed by atoms with E-state index in [1.165, 1.54) is 22.6 Å². The maximum Gasteiger partial charge on any atom is 0.281 e. The van der Waals surface area contributed by atoms with Crippen LogP contribution in [0.5, 0.6) is 0 Å². The molecule has 0 radical (unpaired) electrons. The minimum atomic E-state index is -1.46. The van der Waals surface area contributed by atoms with Gasteiger partial charge in [0.2, 0.25) is 0 Å². The van der Waals surface area contributed by atoms with Crippen LogP contribution in [0.3, 0.4) is 0 Å². The maximum absolute atomic E-state index is 10.7. The van der Waals surface area contributed by atoms with Gasteiger partial charge in [0, 0.05) is 22.6 Å². The molecule has 5 atom stereocenters. The second-order valence-corrected chi connectivity index (χ2v) is 4.15. The Balaban J connectivity index is 2.70. The van der Waals surface area contributed by atoms with Crippen molar-refractivity contribution in [2.75, 3.05) is 6.61 Å². The van der Waals surface area contributed by atoms with Gasteiger partial charge < -0.3 is 30.5 Å². The monoisotopic (exact) mass is 333 g/mol. The van der Waals surface area contributed by atoms with Crippen LogP contribution in [0.4, 0.5) is 4.79 Å². The maximum atomic E-state index is 10.7. The number of aliphatic hydroxyl groups excluding tert-OH is 4. The molecule has 0 aromatic carbocycles. The third kappa shape index (κ3) is 2.98. The zero-order valence-electron chi connectivity index (χ0n) is 7.58. The summed E-state index contributed by atoms with van der Waals surface area (Å²) < 4.78 is 4.32. The van der Waals surface area contributed by atoms with Crippen molar-refractivity contribution in [3.63, 3.8) is 0 Å². The summed E-state index contributed by atoms with van der Waals surface area (Å²) in [6, 6.07) is -1.10. The van der Waals surface area contributed by atoms with Gasteiger partial charge >= 0.3 is 0 Å². The number of carbonyl (C=O) groups is 1. The zero-order valence-corrected chi connectivity index (χ0v) is 9.73.